The lowest BCUT2D eigenvalue weighted by Gasteiger charge is -2.12. The monoisotopic (exact) mass is 307 g/mol. The van der Waals surface area contributed by atoms with Crippen LogP contribution in [0.4, 0.5) is 0 Å². The zero-order valence-corrected chi connectivity index (χ0v) is 12.6. The zero-order chi connectivity index (χ0) is 16.0. The summed E-state index contributed by atoms with van der Waals surface area (Å²) < 4.78 is 8.54. The van der Waals surface area contributed by atoms with E-state index in [0.29, 0.717) is 28.1 Å². The third kappa shape index (κ3) is 1.90. The Balaban J connectivity index is 2.28. The van der Waals surface area contributed by atoms with Crippen molar-refractivity contribution in [2.75, 3.05) is 7.11 Å². The van der Waals surface area contributed by atoms with Crippen molar-refractivity contribution in [1.29, 1.82) is 0 Å². The highest BCUT2D eigenvalue weighted by Crippen LogP contribution is 2.32. The number of hydrogen-bond acceptors (Lipinski definition) is 5. The summed E-state index contributed by atoms with van der Waals surface area (Å²) in [5.74, 6) is 1.09. The average Bonchev–Trinajstić information content (AvgIpc) is 3.04. The summed E-state index contributed by atoms with van der Waals surface area (Å²) in [6.07, 6.45) is 3.11. The van der Waals surface area contributed by atoms with Gasteiger partial charge in [-0.1, -0.05) is 12.1 Å². The van der Waals surface area contributed by atoms with Gasteiger partial charge in [-0.05, 0) is 18.2 Å². The predicted octanol–water partition coefficient (Wildman–Crippen LogP) is 1.65. The molecule has 0 atom stereocenters. The van der Waals surface area contributed by atoms with Gasteiger partial charge in [0.2, 0.25) is 0 Å². The molecule has 1 aromatic carbocycles. The standard InChI is InChI=1S/C16H13N5O2/c1-20-8-7-11-13(15(20)22)14(21-16(19-11)17-9-18-21)10-5-3-4-6-12(10)23-2/h3-9H,1-2H3. The van der Waals surface area contributed by atoms with Crippen molar-refractivity contribution >= 4 is 16.7 Å². The molecule has 3 heterocycles. The number of benzene rings is 1. The minimum atomic E-state index is -0.145. The average molecular weight is 307 g/mol. The van der Waals surface area contributed by atoms with E-state index in [4.69, 9.17) is 4.74 Å². The van der Waals surface area contributed by atoms with Crippen LogP contribution in [0.3, 0.4) is 0 Å². The van der Waals surface area contributed by atoms with Crippen molar-refractivity contribution in [3.05, 3.63) is 53.2 Å². The lowest BCUT2D eigenvalue weighted by atomic mass is 10.1. The Morgan fingerprint density at radius 2 is 2.00 bits per heavy atom. The first kappa shape index (κ1) is 13.4. The molecule has 0 saturated carbocycles. The lowest BCUT2D eigenvalue weighted by molar-refractivity contribution is 0.416. The molecule has 0 aliphatic carbocycles. The number of para-hydroxylation sites is 1. The number of methoxy groups -OCH3 is 1. The Hall–Kier alpha value is -3.22. The summed E-state index contributed by atoms with van der Waals surface area (Å²) in [7, 11) is 3.30. The van der Waals surface area contributed by atoms with Gasteiger partial charge in [-0.25, -0.2) is 4.98 Å². The van der Waals surface area contributed by atoms with Crippen LogP contribution in [-0.4, -0.2) is 31.3 Å². The fraction of sp³-hybridized carbons (Fsp3) is 0.125. The van der Waals surface area contributed by atoms with E-state index in [1.165, 1.54) is 10.9 Å². The third-order valence-electron chi connectivity index (χ3n) is 3.81. The third-order valence-corrected chi connectivity index (χ3v) is 3.81. The molecule has 4 aromatic rings. The second-order valence-electron chi connectivity index (χ2n) is 5.12. The second-order valence-corrected chi connectivity index (χ2v) is 5.12. The second kappa shape index (κ2) is 4.91. The van der Waals surface area contributed by atoms with Gasteiger partial charge < -0.3 is 9.30 Å². The van der Waals surface area contributed by atoms with Gasteiger partial charge in [-0.3, -0.25) is 4.79 Å². The van der Waals surface area contributed by atoms with E-state index in [1.807, 2.05) is 24.3 Å². The van der Waals surface area contributed by atoms with Crippen molar-refractivity contribution < 1.29 is 4.74 Å². The maximum absolute atomic E-state index is 12.7. The Bertz CT molecular complexity index is 1100. The number of aromatic nitrogens is 5. The van der Waals surface area contributed by atoms with E-state index in [2.05, 4.69) is 15.1 Å². The summed E-state index contributed by atoms with van der Waals surface area (Å²) in [6.45, 7) is 0. The molecule has 0 fully saturated rings. The molecule has 0 amide bonds. The van der Waals surface area contributed by atoms with Gasteiger partial charge >= 0.3 is 0 Å². The maximum Gasteiger partial charge on any atom is 0.261 e. The molecule has 0 aliphatic heterocycles. The number of pyridine rings is 1. The van der Waals surface area contributed by atoms with Gasteiger partial charge in [0, 0.05) is 18.8 Å². The van der Waals surface area contributed by atoms with Crippen molar-refractivity contribution in [3.8, 4) is 17.0 Å². The van der Waals surface area contributed by atoms with Crippen LogP contribution >= 0.6 is 0 Å². The topological polar surface area (TPSA) is 74.3 Å². The largest absolute Gasteiger partial charge is 0.496 e. The highest BCUT2D eigenvalue weighted by atomic mass is 16.5. The van der Waals surface area contributed by atoms with Crippen molar-refractivity contribution in [3.63, 3.8) is 0 Å². The first-order valence-electron chi connectivity index (χ1n) is 7.03. The number of ether oxygens (including phenoxy) is 1. The van der Waals surface area contributed by atoms with E-state index < -0.39 is 0 Å². The molecule has 4 rings (SSSR count). The zero-order valence-electron chi connectivity index (χ0n) is 12.6. The Morgan fingerprint density at radius 1 is 1.17 bits per heavy atom. The smallest absolute Gasteiger partial charge is 0.261 e. The molecule has 0 bridgehead atoms. The highest BCUT2D eigenvalue weighted by Gasteiger charge is 2.18. The molecule has 3 aromatic heterocycles. The molecule has 114 valence electrons. The molecular weight excluding hydrogens is 294 g/mol. The summed E-state index contributed by atoms with van der Waals surface area (Å²) >= 11 is 0. The Kier molecular flexibility index (Phi) is 2.87. The van der Waals surface area contributed by atoms with E-state index in [-0.39, 0.29) is 5.56 Å². The maximum atomic E-state index is 12.7. The van der Waals surface area contributed by atoms with Crippen LogP contribution in [0.15, 0.2) is 47.7 Å². The molecule has 0 unspecified atom stereocenters. The van der Waals surface area contributed by atoms with Crippen LogP contribution in [0.2, 0.25) is 0 Å². The van der Waals surface area contributed by atoms with Gasteiger partial charge in [-0.15, -0.1) is 0 Å². The molecular formula is C16H13N5O2. The van der Waals surface area contributed by atoms with Crippen LogP contribution in [0, 0.1) is 0 Å². The fourth-order valence-corrected chi connectivity index (χ4v) is 2.71. The van der Waals surface area contributed by atoms with Crippen molar-refractivity contribution in [1.82, 2.24) is 24.1 Å². The molecule has 23 heavy (non-hydrogen) atoms. The summed E-state index contributed by atoms with van der Waals surface area (Å²) in [5, 5.41) is 4.71. The van der Waals surface area contributed by atoms with Crippen LogP contribution in [0.25, 0.3) is 27.9 Å². The summed E-state index contributed by atoms with van der Waals surface area (Å²) in [4.78, 5) is 21.3. The number of fused-ring (bicyclic) bond motifs is 2. The van der Waals surface area contributed by atoms with Crippen LogP contribution in [-0.2, 0) is 7.05 Å². The Labute approximate surface area is 130 Å². The van der Waals surface area contributed by atoms with E-state index in [1.54, 1.807) is 30.9 Å². The SMILES string of the molecule is COc1ccccc1-c1c2c(=O)n(C)ccc2nc2ncnn12. The summed E-state index contributed by atoms with van der Waals surface area (Å²) in [6, 6.07) is 9.30. The molecule has 7 nitrogen and oxygen atoms in total. The van der Waals surface area contributed by atoms with Crippen LogP contribution in [0.1, 0.15) is 0 Å². The fourth-order valence-electron chi connectivity index (χ4n) is 2.71. The van der Waals surface area contributed by atoms with Crippen molar-refractivity contribution in [2.24, 2.45) is 7.05 Å². The lowest BCUT2D eigenvalue weighted by Crippen LogP contribution is -2.18. The molecule has 0 radical (unpaired) electrons. The molecule has 0 saturated heterocycles. The number of hydrogen-bond donors (Lipinski definition) is 0. The molecule has 0 spiro atoms. The number of nitrogens with zero attached hydrogens (tertiary/aromatic N) is 5. The van der Waals surface area contributed by atoms with Gasteiger partial charge in [0.05, 0.1) is 23.7 Å². The van der Waals surface area contributed by atoms with Gasteiger partial charge in [0.25, 0.3) is 11.3 Å². The van der Waals surface area contributed by atoms with E-state index >= 15 is 0 Å². The minimum absolute atomic E-state index is 0.145. The van der Waals surface area contributed by atoms with E-state index in [0.717, 1.165) is 5.56 Å². The van der Waals surface area contributed by atoms with E-state index in [9.17, 15) is 4.79 Å². The van der Waals surface area contributed by atoms with Crippen LogP contribution in [0.5, 0.6) is 5.75 Å². The Morgan fingerprint density at radius 3 is 2.83 bits per heavy atom. The minimum Gasteiger partial charge on any atom is -0.496 e. The van der Waals surface area contributed by atoms with Crippen molar-refractivity contribution in [2.45, 2.75) is 0 Å². The normalized spacial score (nSPS) is 11.2. The van der Waals surface area contributed by atoms with Gasteiger partial charge in [-0.2, -0.15) is 14.6 Å². The molecule has 0 N–H and O–H groups in total. The van der Waals surface area contributed by atoms with Gasteiger partial charge in [0.1, 0.15) is 12.1 Å². The number of aryl methyl sites for hydroxylation is 1. The first-order chi connectivity index (χ1) is 11.2. The number of rotatable bonds is 2. The van der Waals surface area contributed by atoms with Crippen LogP contribution < -0.4 is 10.3 Å². The quantitative estimate of drug-likeness (QED) is 0.563. The molecule has 0 aliphatic rings. The molecule has 7 heteroatoms. The first-order valence-corrected chi connectivity index (χ1v) is 7.03. The van der Waals surface area contributed by atoms with Gasteiger partial charge in [0.15, 0.2) is 0 Å². The summed E-state index contributed by atoms with van der Waals surface area (Å²) in [5.41, 5.74) is 1.82. The predicted molar refractivity (Wildman–Crippen MR) is 85.5 cm³/mol. The highest BCUT2D eigenvalue weighted by molar-refractivity contribution is 5.94.